The van der Waals surface area contributed by atoms with Crippen molar-refractivity contribution in [3.63, 3.8) is 0 Å². The zero-order valence-electron chi connectivity index (χ0n) is 10.6. The van der Waals surface area contributed by atoms with Crippen LogP contribution in [0.2, 0.25) is 0 Å². The Morgan fingerprint density at radius 3 is 2.33 bits per heavy atom. The topological polar surface area (TPSA) is 52.3 Å². The van der Waals surface area contributed by atoms with E-state index in [0.717, 1.165) is 12.0 Å². The van der Waals surface area contributed by atoms with Crippen LogP contribution in [0.3, 0.4) is 0 Å². The summed E-state index contributed by atoms with van der Waals surface area (Å²) >= 11 is 0. The van der Waals surface area contributed by atoms with E-state index in [9.17, 15) is 9.18 Å². The van der Waals surface area contributed by atoms with Gasteiger partial charge in [-0.3, -0.25) is 0 Å². The van der Waals surface area contributed by atoms with Crippen LogP contribution in [0, 0.1) is 0 Å². The van der Waals surface area contributed by atoms with E-state index in [1.165, 1.54) is 0 Å². The summed E-state index contributed by atoms with van der Waals surface area (Å²) in [6.07, 6.45) is -0.908. The molecule has 2 N–H and O–H groups in total. The number of aryl methyl sites for hydroxylation is 1. The second-order valence-electron chi connectivity index (χ2n) is 3.77. The van der Waals surface area contributed by atoms with Crippen molar-refractivity contribution in [2.45, 2.75) is 32.5 Å². The summed E-state index contributed by atoms with van der Waals surface area (Å²) in [6, 6.07) is 6.28. The van der Waals surface area contributed by atoms with Crippen molar-refractivity contribution in [3.8, 4) is 0 Å². The van der Waals surface area contributed by atoms with Crippen molar-refractivity contribution in [3.05, 3.63) is 35.4 Å². The molecule has 0 aliphatic heterocycles. The van der Waals surface area contributed by atoms with Gasteiger partial charge < -0.3 is 10.5 Å². The van der Waals surface area contributed by atoms with Gasteiger partial charge in [0.05, 0.1) is 12.6 Å². The second kappa shape index (κ2) is 8.06. The summed E-state index contributed by atoms with van der Waals surface area (Å²) in [5, 5.41) is 0. The van der Waals surface area contributed by atoms with Crippen LogP contribution in [-0.2, 0) is 16.0 Å². The zero-order chi connectivity index (χ0) is 12.8. The summed E-state index contributed by atoms with van der Waals surface area (Å²) in [6.45, 7) is 3.82. The quantitative estimate of drug-likeness (QED) is 0.841. The number of carbonyl (C=O) groups is 1. The number of benzene rings is 1. The number of carbonyl (C=O) groups excluding carboxylic acids is 1. The third-order valence-electron chi connectivity index (χ3n) is 2.60. The molecular weight excluding hydrogens is 257 g/mol. The minimum absolute atomic E-state index is 0. The van der Waals surface area contributed by atoms with E-state index in [-0.39, 0.29) is 19.0 Å². The molecule has 0 heterocycles. The van der Waals surface area contributed by atoms with Gasteiger partial charge in [-0.15, -0.1) is 12.4 Å². The molecule has 2 atom stereocenters. The first-order valence-electron chi connectivity index (χ1n) is 5.75. The first-order chi connectivity index (χ1) is 8.10. The molecule has 18 heavy (non-hydrogen) atoms. The Labute approximate surface area is 113 Å². The van der Waals surface area contributed by atoms with Crippen LogP contribution in [0.25, 0.3) is 0 Å². The second-order valence-corrected chi connectivity index (χ2v) is 3.77. The Hall–Kier alpha value is -1.13. The number of halogens is 2. The molecule has 3 nitrogen and oxygen atoms in total. The van der Waals surface area contributed by atoms with Crippen LogP contribution < -0.4 is 5.73 Å². The van der Waals surface area contributed by atoms with Gasteiger partial charge in [-0.25, -0.2) is 9.18 Å². The van der Waals surface area contributed by atoms with Crippen molar-refractivity contribution < 1.29 is 13.9 Å². The molecule has 0 bridgehead atoms. The van der Waals surface area contributed by atoms with Gasteiger partial charge in [0.25, 0.3) is 0 Å². The Kier molecular flexibility index (Phi) is 7.55. The lowest BCUT2D eigenvalue weighted by Crippen LogP contribution is -2.31. The fourth-order valence-corrected chi connectivity index (χ4v) is 1.51. The molecule has 1 aromatic carbocycles. The summed E-state index contributed by atoms with van der Waals surface area (Å²) in [7, 11) is 0. The first-order valence-corrected chi connectivity index (χ1v) is 5.75. The minimum Gasteiger partial charge on any atom is -0.464 e. The van der Waals surface area contributed by atoms with Gasteiger partial charge >= 0.3 is 5.97 Å². The highest BCUT2D eigenvalue weighted by atomic mass is 35.5. The lowest BCUT2D eigenvalue weighted by molar-refractivity contribution is -0.149. The van der Waals surface area contributed by atoms with Crippen molar-refractivity contribution >= 4 is 18.4 Å². The average Bonchev–Trinajstić information content (AvgIpc) is 2.37. The number of hydrogen-bond acceptors (Lipinski definition) is 3. The molecule has 0 saturated carbocycles. The molecule has 0 aromatic heterocycles. The Morgan fingerprint density at radius 1 is 1.33 bits per heavy atom. The highest BCUT2D eigenvalue weighted by Gasteiger charge is 2.27. The molecule has 0 amide bonds. The maximum atomic E-state index is 13.6. The summed E-state index contributed by atoms with van der Waals surface area (Å²) in [4.78, 5) is 11.2. The number of ether oxygens (including phenoxy) is 1. The van der Waals surface area contributed by atoms with Crippen molar-refractivity contribution in [1.82, 2.24) is 0 Å². The van der Waals surface area contributed by atoms with Gasteiger partial charge in [0.15, 0.2) is 0 Å². The number of nitrogens with two attached hydrogens (primary N) is 1. The summed E-state index contributed by atoms with van der Waals surface area (Å²) < 4.78 is 18.2. The number of esters is 1. The molecule has 1 unspecified atom stereocenters. The largest absolute Gasteiger partial charge is 0.464 e. The number of rotatable bonds is 5. The van der Waals surface area contributed by atoms with Gasteiger partial charge in [-0.05, 0) is 24.5 Å². The molecule has 0 fully saturated rings. The highest BCUT2D eigenvalue weighted by molar-refractivity contribution is 5.85. The summed E-state index contributed by atoms with van der Waals surface area (Å²) in [5.41, 5.74) is 7.43. The molecule has 0 spiro atoms. The van der Waals surface area contributed by atoms with Gasteiger partial charge in [0.1, 0.15) is 0 Å². The Balaban J connectivity index is 0.00000289. The minimum atomic E-state index is -1.82. The van der Waals surface area contributed by atoms with Crippen LogP contribution in [0.4, 0.5) is 4.39 Å². The van der Waals surface area contributed by atoms with Gasteiger partial charge in [-0.1, -0.05) is 31.2 Å². The number of hydrogen-bond donors (Lipinski definition) is 1. The lowest BCUT2D eigenvalue weighted by Gasteiger charge is -2.16. The zero-order valence-corrected chi connectivity index (χ0v) is 11.4. The Bertz CT molecular complexity index is 370. The van der Waals surface area contributed by atoms with E-state index in [4.69, 9.17) is 5.73 Å². The van der Waals surface area contributed by atoms with E-state index in [0.29, 0.717) is 5.56 Å². The molecule has 1 rings (SSSR count). The smallest absolute Gasteiger partial charge is 0.342 e. The normalized spacial score (nSPS) is 13.3. The van der Waals surface area contributed by atoms with Crippen LogP contribution in [-0.4, -0.2) is 18.7 Å². The predicted octanol–water partition coefficient (Wildman–Crippen LogP) is 2.57. The fraction of sp³-hybridized carbons (Fsp3) is 0.462. The molecule has 0 radical (unpaired) electrons. The van der Waals surface area contributed by atoms with E-state index >= 15 is 0 Å². The van der Waals surface area contributed by atoms with E-state index in [1.54, 1.807) is 19.1 Å². The molecule has 5 heteroatoms. The van der Waals surface area contributed by atoms with E-state index in [1.807, 2.05) is 19.1 Å². The van der Waals surface area contributed by atoms with Gasteiger partial charge in [0.2, 0.25) is 6.17 Å². The maximum Gasteiger partial charge on any atom is 0.342 e. The maximum absolute atomic E-state index is 13.6. The number of alkyl halides is 1. The standard InChI is InChI=1S/C13H18FNO2.ClH/c1-3-9-5-7-10(8-6-9)12(15)11(14)13(16)17-4-2;/h5-8,11-12H,3-4,15H2,1-2H3;1H/t11?,12-;/m1./s1. The SMILES string of the molecule is CCOC(=O)C(F)[C@H](N)c1ccc(CC)cc1.Cl. The molecule has 1 aromatic rings. The molecule has 0 aliphatic carbocycles. The molecule has 0 aliphatic rings. The fourth-order valence-electron chi connectivity index (χ4n) is 1.51. The van der Waals surface area contributed by atoms with Crippen molar-refractivity contribution in [1.29, 1.82) is 0 Å². The van der Waals surface area contributed by atoms with Crippen LogP contribution >= 0.6 is 12.4 Å². The van der Waals surface area contributed by atoms with Crippen molar-refractivity contribution in [2.24, 2.45) is 5.73 Å². The monoisotopic (exact) mass is 275 g/mol. The average molecular weight is 276 g/mol. The van der Waals surface area contributed by atoms with E-state index < -0.39 is 18.2 Å². The molecule has 102 valence electrons. The third-order valence-corrected chi connectivity index (χ3v) is 2.60. The van der Waals surface area contributed by atoms with Crippen LogP contribution in [0.15, 0.2) is 24.3 Å². The lowest BCUT2D eigenvalue weighted by atomic mass is 10.0. The van der Waals surface area contributed by atoms with Crippen LogP contribution in [0.5, 0.6) is 0 Å². The predicted molar refractivity (Wildman–Crippen MR) is 71.5 cm³/mol. The first kappa shape index (κ1) is 16.9. The van der Waals surface area contributed by atoms with Crippen LogP contribution in [0.1, 0.15) is 31.0 Å². The van der Waals surface area contributed by atoms with Gasteiger partial charge in [-0.2, -0.15) is 0 Å². The molecule has 0 saturated heterocycles. The van der Waals surface area contributed by atoms with E-state index in [2.05, 4.69) is 4.74 Å². The highest BCUT2D eigenvalue weighted by Crippen LogP contribution is 2.18. The van der Waals surface area contributed by atoms with Crippen molar-refractivity contribution in [2.75, 3.05) is 6.61 Å². The third kappa shape index (κ3) is 4.27. The molecular formula is C13H19ClFNO2. The Morgan fingerprint density at radius 2 is 1.89 bits per heavy atom. The van der Waals surface area contributed by atoms with Gasteiger partial charge in [0, 0.05) is 0 Å². The summed E-state index contributed by atoms with van der Waals surface area (Å²) in [5.74, 6) is -0.903.